The number of nitrogens with zero attached hydrogens (tertiary/aromatic N) is 3. The zero-order chi connectivity index (χ0) is 82.5. The van der Waals surface area contributed by atoms with Gasteiger partial charge in [0.1, 0.15) is 134 Å². The maximum absolute atomic E-state index is 15.1. The Labute approximate surface area is 633 Å². The van der Waals surface area contributed by atoms with Crippen molar-refractivity contribution < 1.29 is 167 Å². The van der Waals surface area contributed by atoms with E-state index in [1.54, 1.807) is 0 Å². The highest BCUT2D eigenvalue weighted by Gasteiger charge is 2.61. The molecule has 29 atom stereocenters. The van der Waals surface area contributed by atoms with Crippen LogP contribution in [-0.4, -0.2) is 394 Å². The molecular weight excluding hydrogens is 1490 g/mol. The summed E-state index contributed by atoms with van der Waals surface area (Å²) in [6.07, 6.45) is -38.5. The molecule has 7 aliphatic rings. The summed E-state index contributed by atoms with van der Waals surface area (Å²) in [6.45, 7) is 1.47. The Morgan fingerprint density at radius 2 is 1.13 bits per heavy atom. The molecule has 628 valence electrons. The van der Waals surface area contributed by atoms with Crippen molar-refractivity contribution in [2.45, 2.75) is 270 Å². The van der Waals surface area contributed by atoms with Crippen molar-refractivity contribution in [1.82, 2.24) is 57.2 Å². The van der Waals surface area contributed by atoms with Crippen LogP contribution in [0.25, 0.3) is 0 Å². The summed E-state index contributed by atoms with van der Waals surface area (Å²) in [5.74, 6) is -16.3. The van der Waals surface area contributed by atoms with E-state index in [1.165, 1.54) is 30.6 Å². The first kappa shape index (κ1) is 90.5. The zero-order valence-corrected chi connectivity index (χ0v) is 61.8. The van der Waals surface area contributed by atoms with Crippen LogP contribution in [0, 0.1) is 0 Å². The number of aliphatic hydroxyl groups is 12. The van der Waals surface area contributed by atoms with Crippen LogP contribution in [0.5, 0.6) is 0 Å². The molecule has 7 saturated heterocycles. The lowest BCUT2D eigenvalue weighted by Gasteiger charge is -2.51. The highest BCUT2D eigenvalue weighted by Crippen LogP contribution is 2.39. The quantitative estimate of drug-likeness (QED) is 0.0290. The SMILES string of the molecule is CC(=O)N[C@@H]1C(O)[C@@H](O)C(CO)O[C@H]1OCC1O[C@@H](OC(C)C(NC(=O)C(CO)NC(=O)CNC(=O)C2CCCN2C(C)=O)C(=O)NC(C)C(=O)N2CCCC2C(=O)N2CCCC2C(=O)NC(C)C(N)=O)[C@H](NC(C)=O)C(O[C@@H]2OC(CO)[C@H](O)C(O[C@]3(C(=O)O)C[C@H](O)[C@@H](NC(C)=O)C([C@H](O)[C@H](O)CO)O3)[C@H]2O)[C@H]1O. The Morgan fingerprint density at radius 3 is 1.70 bits per heavy atom. The Morgan fingerprint density at radius 1 is 0.577 bits per heavy atom. The monoisotopic (exact) mass is 1600 g/mol. The molecule has 46 nitrogen and oxygen atoms in total. The number of hydrogen-bond donors (Lipinski definition) is 22. The van der Waals surface area contributed by atoms with E-state index in [9.17, 15) is 124 Å². The Hall–Kier alpha value is -7.69. The van der Waals surface area contributed by atoms with Crippen molar-refractivity contribution in [1.29, 1.82) is 0 Å². The van der Waals surface area contributed by atoms with E-state index in [4.69, 9.17) is 43.6 Å². The van der Waals surface area contributed by atoms with Crippen molar-refractivity contribution in [3.63, 3.8) is 0 Å². The minimum atomic E-state index is -3.34. The lowest BCUT2D eigenvalue weighted by atomic mass is 9.88. The summed E-state index contributed by atoms with van der Waals surface area (Å²) < 4.78 is 48.1. The molecule has 7 fully saturated rings. The average molecular weight is 1600 g/mol. The van der Waals surface area contributed by atoms with Gasteiger partial charge in [-0.1, -0.05) is 0 Å². The van der Waals surface area contributed by atoms with Crippen molar-refractivity contribution >= 4 is 76.9 Å². The van der Waals surface area contributed by atoms with Gasteiger partial charge in [-0.05, 0) is 59.3 Å². The number of aliphatic hydroxyl groups excluding tert-OH is 12. The molecule has 111 heavy (non-hydrogen) atoms. The van der Waals surface area contributed by atoms with Crippen molar-refractivity contribution in [2.75, 3.05) is 59.2 Å². The number of rotatable bonds is 33. The first-order valence-corrected chi connectivity index (χ1v) is 36.1. The third-order valence-electron chi connectivity index (χ3n) is 20.1. The van der Waals surface area contributed by atoms with Gasteiger partial charge in [0.15, 0.2) is 18.9 Å². The summed E-state index contributed by atoms with van der Waals surface area (Å²) in [4.78, 5) is 178. The van der Waals surface area contributed by atoms with Crippen LogP contribution in [0.1, 0.15) is 93.4 Å². The van der Waals surface area contributed by atoms with E-state index in [1.807, 2.05) is 0 Å². The van der Waals surface area contributed by atoms with E-state index in [-0.39, 0.29) is 45.3 Å². The Kier molecular flexibility index (Phi) is 32.5. The van der Waals surface area contributed by atoms with Gasteiger partial charge >= 0.3 is 5.97 Å². The highest BCUT2D eigenvalue weighted by molar-refractivity contribution is 5.98. The Balaban J connectivity index is 1.26. The average Bonchev–Trinajstić information content (AvgIpc) is 1.71. The molecule has 0 aromatic carbocycles. The molecule has 7 heterocycles. The number of carbonyl (C=O) groups is 13. The zero-order valence-electron chi connectivity index (χ0n) is 61.8. The largest absolute Gasteiger partial charge is 0.477 e. The number of primary amides is 1. The molecule has 46 heteroatoms. The number of aliphatic carboxylic acids is 1. The highest BCUT2D eigenvalue weighted by atomic mass is 16.8. The van der Waals surface area contributed by atoms with Gasteiger partial charge in [-0.2, -0.15) is 0 Å². The lowest BCUT2D eigenvalue weighted by Crippen LogP contribution is -2.71. The molecule has 0 spiro atoms. The number of ether oxygens (including phenoxy) is 8. The molecule has 0 radical (unpaired) electrons. The molecule has 0 aromatic heterocycles. The number of hydrogen-bond acceptors (Lipinski definition) is 33. The maximum Gasteiger partial charge on any atom is 0.364 e. The van der Waals surface area contributed by atoms with Crippen molar-refractivity contribution in [3.05, 3.63) is 0 Å². The normalized spacial score (nSPS) is 34.1. The fourth-order valence-electron chi connectivity index (χ4n) is 14.3. The molecule has 0 aliphatic carbocycles. The van der Waals surface area contributed by atoms with Crippen LogP contribution < -0.4 is 48.3 Å². The second kappa shape index (κ2) is 39.9. The summed E-state index contributed by atoms with van der Waals surface area (Å²) in [7, 11) is 0. The summed E-state index contributed by atoms with van der Waals surface area (Å²) >= 11 is 0. The summed E-state index contributed by atoms with van der Waals surface area (Å²) in [6, 6.07) is -15.7. The van der Waals surface area contributed by atoms with E-state index in [2.05, 4.69) is 42.5 Å². The first-order valence-electron chi connectivity index (χ1n) is 36.1. The van der Waals surface area contributed by atoms with E-state index in [0.717, 1.165) is 32.6 Å². The predicted molar refractivity (Wildman–Crippen MR) is 362 cm³/mol. The molecule has 12 amide bonds. The molecule has 0 aromatic rings. The van der Waals surface area contributed by atoms with Gasteiger partial charge in [-0.25, -0.2) is 4.79 Å². The van der Waals surface area contributed by atoms with Gasteiger partial charge in [-0.15, -0.1) is 0 Å². The number of nitrogens with two attached hydrogens (primary N) is 1. The molecule has 23 N–H and O–H groups in total. The van der Waals surface area contributed by atoms with Gasteiger partial charge in [0.2, 0.25) is 70.9 Å². The van der Waals surface area contributed by atoms with Gasteiger partial charge in [0, 0.05) is 53.8 Å². The number of nitrogens with one attached hydrogen (secondary N) is 8. The second-order valence-electron chi connectivity index (χ2n) is 28.3. The number of carbonyl (C=O) groups excluding carboxylic acids is 12. The number of amides is 12. The van der Waals surface area contributed by atoms with Crippen LogP contribution >= 0.6 is 0 Å². The van der Waals surface area contributed by atoms with E-state index < -0.39 is 299 Å². The van der Waals surface area contributed by atoms with Gasteiger partial charge in [0.05, 0.1) is 57.8 Å². The Bertz CT molecular complexity index is 3320. The van der Waals surface area contributed by atoms with Crippen LogP contribution in [0.2, 0.25) is 0 Å². The van der Waals surface area contributed by atoms with Gasteiger partial charge in [-0.3, -0.25) is 57.5 Å². The molecule has 7 aliphatic heterocycles. The third-order valence-corrected chi connectivity index (χ3v) is 20.1. The van der Waals surface area contributed by atoms with Crippen LogP contribution in [0.4, 0.5) is 0 Å². The fourth-order valence-corrected chi connectivity index (χ4v) is 14.3. The minimum Gasteiger partial charge on any atom is -0.477 e. The van der Waals surface area contributed by atoms with Gasteiger partial charge < -0.3 is 167 Å². The smallest absolute Gasteiger partial charge is 0.364 e. The molecule has 7 rings (SSSR count). The third kappa shape index (κ3) is 21.8. The van der Waals surface area contributed by atoms with Gasteiger partial charge in [0.25, 0.3) is 5.79 Å². The number of carboxylic acid groups (broad SMARTS) is 1. The summed E-state index contributed by atoms with van der Waals surface area (Å²) in [5.41, 5.74) is 5.36. The van der Waals surface area contributed by atoms with E-state index in [0.29, 0.717) is 12.8 Å². The maximum atomic E-state index is 15.1. The number of carboxylic acids is 1. The number of likely N-dealkylation sites (tertiary alicyclic amines) is 3. The first-order chi connectivity index (χ1) is 52.2. The fraction of sp³-hybridized carbons (Fsp3) is 0.800. The lowest BCUT2D eigenvalue weighted by molar-refractivity contribution is -0.382. The standard InChI is InChI=1S/C65H104N12O34/c1-24(54(66)95)68-57(98)33-12-9-15-76(33)60(101)34-13-10-16-77(34)59(100)25(2)69-58(99)41(74-55(96)31(19-78)73-40(88)18-67-56(97)32-11-8-14-75(32)30(7)85)26(3)105-62-44(72-29(6)84)51(48(92)39(108-62)23-104-61-43(71-28(5)83)49(93)46(90)37(21-80)106-61)109-63-50(94)53(47(91)38(22-81)107-63)111-65(64(102)103)17-35(86)42(70-27(4)82)52(110-65)45(89)36(87)20-79/h24-26,31-39,41-53,61-63,78-81,86-87,89-94H,8-23H2,1-7H3,(H2,66,95)(H,67,97)(H,68,98)(H,69,99)(H,70,82)(H,71,83)(H,72,84)(H,73,88)(H,74,96)(H,102,103)/t24?,25?,26?,31?,32?,33?,34?,35-,36+,37?,38?,39?,41?,42+,43+,44+,45+,46-,47-,48-,49?,50+,51?,52?,53?,61+,62+,63-,65-/m0/s1. The summed E-state index contributed by atoms with van der Waals surface area (Å²) in [5, 5.41) is 163. The van der Waals surface area contributed by atoms with Crippen LogP contribution in [0.15, 0.2) is 0 Å². The second-order valence-corrected chi connectivity index (χ2v) is 28.3. The van der Waals surface area contributed by atoms with Crippen molar-refractivity contribution in [3.8, 4) is 0 Å². The van der Waals surface area contributed by atoms with Crippen molar-refractivity contribution in [2.24, 2.45) is 5.73 Å². The van der Waals surface area contributed by atoms with E-state index >= 15 is 4.79 Å². The molecular formula is C65H104N12O34. The van der Waals surface area contributed by atoms with Crippen LogP contribution in [-0.2, 0) is 100 Å². The molecule has 0 saturated carbocycles. The molecule has 15 unspecified atom stereocenters. The topological polar surface area (TPSA) is 691 Å². The van der Waals surface area contributed by atoms with Crippen LogP contribution in [0.3, 0.4) is 0 Å². The minimum absolute atomic E-state index is 0.0638. The predicted octanol–water partition coefficient (Wildman–Crippen LogP) is -14.1. The molecule has 0 bridgehead atoms.